The Labute approximate surface area is 146 Å². The number of halogens is 1. The molecule has 2 aromatic carbocycles. The Kier molecular flexibility index (Phi) is 3.59. The Morgan fingerprint density at radius 3 is 2.83 bits per heavy atom. The number of rotatable bonds is 2. The van der Waals surface area contributed by atoms with E-state index in [1.165, 1.54) is 4.57 Å². The van der Waals surface area contributed by atoms with Gasteiger partial charge in [-0.2, -0.15) is 0 Å². The number of hydrogen-bond acceptors (Lipinski definition) is 4. The van der Waals surface area contributed by atoms with Crippen molar-refractivity contribution in [2.75, 3.05) is 0 Å². The van der Waals surface area contributed by atoms with Crippen LogP contribution >= 0.6 is 22.9 Å². The molecule has 1 aliphatic heterocycles. The third-order valence-corrected chi connectivity index (χ3v) is 4.84. The number of benzene rings is 2. The van der Waals surface area contributed by atoms with Crippen LogP contribution in [0.5, 0.6) is 5.88 Å². The van der Waals surface area contributed by atoms with Crippen molar-refractivity contribution in [2.45, 2.75) is 0 Å². The minimum atomic E-state index is -0.273. The second kappa shape index (κ2) is 5.78. The molecule has 0 atom stereocenters. The predicted octanol–water partition coefficient (Wildman–Crippen LogP) is 4.51. The summed E-state index contributed by atoms with van der Waals surface area (Å²) in [5, 5.41) is 11.0. The number of para-hydroxylation sites is 1. The van der Waals surface area contributed by atoms with Gasteiger partial charge in [-0.1, -0.05) is 47.2 Å². The maximum Gasteiger partial charge on any atom is 0.315 e. The molecule has 2 heterocycles. The van der Waals surface area contributed by atoms with Crippen LogP contribution in [0, 0.1) is 0 Å². The van der Waals surface area contributed by atoms with Crippen molar-refractivity contribution in [3.8, 4) is 11.6 Å². The van der Waals surface area contributed by atoms with Crippen LogP contribution in [0.1, 0.15) is 10.4 Å². The average molecular weight is 355 g/mol. The summed E-state index contributed by atoms with van der Waals surface area (Å²) in [6, 6.07) is 14.6. The zero-order chi connectivity index (χ0) is 16.7. The third-order valence-electron chi connectivity index (χ3n) is 3.72. The first-order valence-corrected chi connectivity index (χ1v) is 8.39. The first-order chi connectivity index (χ1) is 11.6. The molecule has 1 aromatic heterocycles. The largest absolute Gasteiger partial charge is 0.493 e. The lowest BCUT2D eigenvalue weighted by Gasteiger charge is -2.04. The molecule has 0 unspecified atom stereocenters. The van der Waals surface area contributed by atoms with Crippen LogP contribution in [0.3, 0.4) is 0 Å². The van der Waals surface area contributed by atoms with Gasteiger partial charge in [-0.15, -0.1) is 0 Å². The Morgan fingerprint density at radius 2 is 2.00 bits per heavy atom. The van der Waals surface area contributed by atoms with Crippen LogP contribution in [-0.2, 0) is 0 Å². The van der Waals surface area contributed by atoms with Gasteiger partial charge in [0.2, 0.25) is 5.88 Å². The first kappa shape index (κ1) is 14.9. The molecule has 4 rings (SSSR count). The standard InChI is InChI=1S/C18H11ClN2O2S/c19-12-4-3-5-13(9-12)21-17(22)16(24-18(21)23)8-11-10-20-15-7-2-1-6-14(11)15/h1-10,22H. The van der Waals surface area contributed by atoms with Gasteiger partial charge in [0.05, 0.1) is 16.3 Å². The molecule has 6 heteroatoms. The molecule has 118 valence electrons. The Bertz CT molecular complexity index is 1060. The minimum absolute atomic E-state index is 0.0995. The molecule has 0 spiro atoms. The predicted molar refractivity (Wildman–Crippen MR) is 99.1 cm³/mol. The summed E-state index contributed by atoms with van der Waals surface area (Å²) < 4.78 is 1.25. The maximum absolute atomic E-state index is 12.3. The van der Waals surface area contributed by atoms with E-state index in [4.69, 9.17) is 11.6 Å². The van der Waals surface area contributed by atoms with E-state index in [1.54, 1.807) is 36.6 Å². The summed E-state index contributed by atoms with van der Waals surface area (Å²) >= 11 is 6.96. The van der Waals surface area contributed by atoms with Crippen LogP contribution in [0.25, 0.3) is 17.3 Å². The van der Waals surface area contributed by atoms with Gasteiger partial charge in [0.25, 0.3) is 0 Å². The Morgan fingerprint density at radius 1 is 1.17 bits per heavy atom. The van der Waals surface area contributed by atoms with Crippen LogP contribution in [0.4, 0.5) is 5.69 Å². The fraction of sp³-hybridized carbons (Fsp3) is 0. The fourth-order valence-electron chi connectivity index (χ4n) is 2.61. The molecule has 3 aromatic rings. The highest BCUT2D eigenvalue weighted by Crippen LogP contribution is 2.34. The van der Waals surface area contributed by atoms with Crippen molar-refractivity contribution < 1.29 is 5.11 Å². The second-order valence-electron chi connectivity index (χ2n) is 5.25. The van der Waals surface area contributed by atoms with Gasteiger partial charge in [-0.25, -0.2) is 4.57 Å². The smallest absolute Gasteiger partial charge is 0.315 e. The number of nitrogens with zero attached hydrogens (tertiary/aromatic N) is 2. The zero-order valence-electron chi connectivity index (χ0n) is 12.3. The van der Waals surface area contributed by atoms with E-state index in [9.17, 15) is 9.90 Å². The van der Waals surface area contributed by atoms with Crippen LogP contribution in [0.15, 0.2) is 58.3 Å². The third kappa shape index (κ3) is 2.48. The molecule has 0 saturated heterocycles. The average Bonchev–Trinajstić information content (AvgIpc) is 3.09. The van der Waals surface area contributed by atoms with E-state index in [0.717, 1.165) is 28.2 Å². The number of aliphatic imine (C=N–C) groups is 1. The number of aromatic nitrogens is 1. The van der Waals surface area contributed by atoms with Crippen LogP contribution in [0.2, 0.25) is 5.02 Å². The van der Waals surface area contributed by atoms with Crippen molar-refractivity contribution >= 4 is 46.5 Å². The van der Waals surface area contributed by atoms with Gasteiger partial charge < -0.3 is 5.11 Å². The molecule has 0 bridgehead atoms. The second-order valence-corrected chi connectivity index (χ2v) is 6.68. The van der Waals surface area contributed by atoms with Gasteiger partial charge in [-0.05, 0) is 30.3 Å². The quantitative estimate of drug-likeness (QED) is 0.735. The van der Waals surface area contributed by atoms with E-state index in [1.807, 2.05) is 24.3 Å². The summed E-state index contributed by atoms with van der Waals surface area (Å²) in [5.41, 5.74) is 3.25. The molecule has 0 amide bonds. The fourth-order valence-corrected chi connectivity index (χ4v) is 3.64. The molecule has 1 N–H and O–H groups in total. The lowest BCUT2D eigenvalue weighted by molar-refractivity contribution is 0.440. The van der Waals surface area contributed by atoms with Crippen LogP contribution < -0.4 is 4.87 Å². The topological polar surface area (TPSA) is 54.6 Å². The van der Waals surface area contributed by atoms with Crippen molar-refractivity contribution in [3.63, 3.8) is 0 Å². The summed E-state index contributed by atoms with van der Waals surface area (Å²) in [7, 11) is 0. The normalized spacial score (nSPS) is 14.3. The molecular weight excluding hydrogens is 344 g/mol. The summed E-state index contributed by atoms with van der Waals surface area (Å²) in [6.45, 7) is 0. The van der Waals surface area contributed by atoms with Crippen molar-refractivity contribution in [1.29, 1.82) is 0 Å². The van der Waals surface area contributed by atoms with E-state index in [0.29, 0.717) is 15.6 Å². The molecule has 0 radical (unpaired) electrons. The SMILES string of the molecule is O=c1sc(C=C2C=Nc3ccccc32)c(O)n1-c1cccc(Cl)c1. The van der Waals surface area contributed by atoms with E-state index in [-0.39, 0.29) is 10.8 Å². The summed E-state index contributed by atoms with van der Waals surface area (Å²) in [5.74, 6) is -0.0995. The monoisotopic (exact) mass is 354 g/mol. The highest BCUT2D eigenvalue weighted by Gasteiger charge is 2.17. The molecule has 24 heavy (non-hydrogen) atoms. The molecule has 4 nitrogen and oxygen atoms in total. The highest BCUT2D eigenvalue weighted by molar-refractivity contribution is 7.10. The number of allylic oxidation sites excluding steroid dienone is 1. The number of thiazole rings is 1. The maximum atomic E-state index is 12.3. The van der Waals surface area contributed by atoms with Crippen molar-refractivity contribution in [3.05, 3.63) is 73.7 Å². The van der Waals surface area contributed by atoms with Crippen molar-refractivity contribution in [1.82, 2.24) is 4.57 Å². The van der Waals surface area contributed by atoms with Gasteiger partial charge in [0.15, 0.2) is 0 Å². The minimum Gasteiger partial charge on any atom is -0.493 e. The molecule has 0 fully saturated rings. The summed E-state index contributed by atoms with van der Waals surface area (Å²) in [6.07, 6.45) is 3.51. The Balaban J connectivity index is 1.83. The van der Waals surface area contributed by atoms with Gasteiger partial charge in [0.1, 0.15) is 0 Å². The van der Waals surface area contributed by atoms with Gasteiger partial charge in [0, 0.05) is 22.4 Å². The summed E-state index contributed by atoms with van der Waals surface area (Å²) in [4.78, 5) is 16.9. The lowest BCUT2D eigenvalue weighted by atomic mass is 10.1. The zero-order valence-corrected chi connectivity index (χ0v) is 13.9. The van der Waals surface area contributed by atoms with Crippen LogP contribution in [-0.4, -0.2) is 15.9 Å². The van der Waals surface area contributed by atoms with E-state index < -0.39 is 0 Å². The number of hydrogen-bond donors (Lipinski definition) is 1. The van der Waals surface area contributed by atoms with Gasteiger partial charge >= 0.3 is 4.87 Å². The van der Waals surface area contributed by atoms with Gasteiger partial charge in [-0.3, -0.25) is 9.79 Å². The van der Waals surface area contributed by atoms with E-state index in [2.05, 4.69) is 4.99 Å². The lowest BCUT2D eigenvalue weighted by Crippen LogP contribution is -2.09. The molecular formula is C18H11ClN2O2S. The molecule has 1 aliphatic rings. The van der Waals surface area contributed by atoms with Crippen molar-refractivity contribution in [2.24, 2.45) is 4.99 Å². The molecule has 0 saturated carbocycles. The number of aromatic hydroxyl groups is 1. The molecule has 0 aliphatic carbocycles. The first-order valence-electron chi connectivity index (χ1n) is 7.19. The highest BCUT2D eigenvalue weighted by atomic mass is 35.5. The Hall–Kier alpha value is -2.63. The van der Waals surface area contributed by atoms with E-state index >= 15 is 0 Å². The number of fused-ring (bicyclic) bond motifs is 1.